The van der Waals surface area contributed by atoms with Gasteiger partial charge in [0, 0.05) is 50.0 Å². The van der Waals surface area contributed by atoms with Crippen LogP contribution in [0.2, 0.25) is 0 Å². The monoisotopic (exact) mass is 421 g/mol. The summed E-state index contributed by atoms with van der Waals surface area (Å²) in [5.74, 6) is 0.143. The number of carbonyl (C=O) groups is 1. The summed E-state index contributed by atoms with van der Waals surface area (Å²) >= 11 is 0. The van der Waals surface area contributed by atoms with Crippen molar-refractivity contribution in [2.24, 2.45) is 7.05 Å². The van der Waals surface area contributed by atoms with Gasteiger partial charge in [-0.25, -0.2) is 0 Å². The number of benzene rings is 1. The van der Waals surface area contributed by atoms with Gasteiger partial charge in [0.2, 0.25) is 0 Å². The second kappa shape index (κ2) is 9.13. The minimum Gasteiger partial charge on any atom is -0.337 e. The molecule has 0 radical (unpaired) electrons. The molecule has 2 saturated heterocycles. The number of nitrogens with zero attached hydrogens (tertiary/aromatic N) is 4. The normalized spacial score (nSPS) is 22.6. The fourth-order valence-corrected chi connectivity index (χ4v) is 5.61. The van der Waals surface area contributed by atoms with E-state index in [2.05, 4.69) is 45.6 Å². The summed E-state index contributed by atoms with van der Waals surface area (Å²) in [4.78, 5) is 17.6. The SMILES string of the molecule is Cn1nc(C(=O)N2CCCC2)c2c1CC[C@H](NC1CCN(Cc3ccccc3)CC1)C2. The second-order valence-electron chi connectivity index (χ2n) is 9.54. The zero-order chi connectivity index (χ0) is 21.2. The third kappa shape index (κ3) is 4.55. The van der Waals surface area contributed by atoms with E-state index in [1.54, 1.807) is 0 Å². The molecule has 2 aromatic rings. The Morgan fingerprint density at radius 1 is 1.03 bits per heavy atom. The van der Waals surface area contributed by atoms with Gasteiger partial charge in [-0.15, -0.1) is 0 Å². The molecule has 166 valence electrons. The number of amides is 1. The summed E-state index contributed by atoms with van der Waals surface area (Å²) in [6, 6.07) is 11.8. The van der Waals surface area contributed by atoms with E-state index >= 15 is 0 Å². The van der Waals surface area contributed by atoms with Gasteiger partial charge < -0.3 is 10.2 Å². The number of carbonyl (C=O) groups excluding carboxylic acids is 1. The largest absolute Gasteiger partial charge is 0.337 e. The number of aryl methyl sites for hydroxylation is 1. The average Bonchev–Trinajstić information content (AvgIpc) is 3.44. The van der Waals surface area contributed by atoms with Crippen LogP contribution in [0.5, 0.6) is 0 Å². The first-order valence-electron chi connectivity index (χ1n) is 12.0. The molecule has 5 rings (SSSR count). The molecule has 1 aliphatic carbocycles. The van der Waals surface area contributed by atoms with Crippen LogP contribution < -0.4 is 5.32 Å². The van der Waals surface area contributed by atoms with Gasteiger partial charge in [0.15, 0.2) is 5.69 Å². The number of nitrogens with one attached hydrogen (secondary N) is 1. The Morgan fingerprint density at radius 3 is 2.52 bits per heavy atom. The Balaban J connectivity index is 1.17. The van der Waals surface area contributed by atoms with Crippen LogP contribution >= 0.6 is 0 Å². The van der Waals surface area contributed by atoms with Crippen molar-refractivity contribution in [2.75, 3.05) is 26.2 Å². The van der Waals surface area contributed by atoms with Crippen LogP contribution in [0.3, 0.4) is 0 Å². The Hall–Kier alpha value is -2.18. The molecule has 6 heteroatoms. The highest BCUT2D eigenvalue weighted by Crippen LogP contribution is 2.27. The maximum Gasteiger partial charge on any atom is 0.274 e. The molecule has 0 spiro atoms. The lowest BCUT2D eigenvalue weighted by atomic mass is 9.89. The van der Waals surface area contributed by atoms with E-state index in [0.29, 0.717) is 17.8 Å². The van der Waals surface area contributed by atoms with E-state index in [1.165, 1.54) is 29.7 Å². The van der Waals surface area contributed by atoms with E-state index in [9.17, 15) is 4.79 Å². The minimum absolute atomic E-state index is 0.143. The van der Waals surface area contributed by atoms with Gasteiger partial charge in [0.25, 0.3) is 5.91 Å². The van der Waals surface area contributed by atoms with Crippen LogP contribution in [0.15, 0.2) is 30.3 Å². The Kier molecular flexibility index (Phi) is 6.10. The zero-order valence-electron chi connectivity index (χ0n) is 18.7. The third-order valence-corrected chi connectivity index (χ3v) is 7.36. The summed E-state index contributed by atoms with van der Waals surface area (Å²) in [7, 11) is 2.00. The van der Waals surface area contributed by atoms with Crippen LogP contribution in [-0.4, -0.2) is 63.8 Å². The van der Waals surface area contributed by atoms with Crippen LogP contribution in [-0.2, 0) is 26.4 Å². The molecule has 6 nitrogen and oxygen atoms in total. The van der Waals surface area contributed by atoms with E-state index < -0.39 is 0 Å². The molecular formula is C25H35N5O. The van der Waals surface area contributed by atoms with E-state index in [1.807, 2.05) is 16.6 Å². The molecule has 1 amide bonds. The fraction of sp³-hybridized carbons (Fsp3) is 0.600. The number of likely N-dealkylation sites (tertiary alicyclic amines) is 2. The van der Waals surface area contributed by atoms with Gasteiger partial charge in [-0.2, -0.15) is 5.10 Å². The van der Waals surface area contributed by atoms with Crippen molar-refractivity contribution in [2.45, 2.75) is 63.6 Å². The number of rotatable bonds is 5. The van der Waals surface area contributed by atoms with Crippen molar-refractivity contribution in [3.8, 4) is 0 Å². The quantitative estimate of drug-likeness (QED) is 0.807. The maximum absolute atomic E-state index is 13.0. The molecule has 2 aliphatic heterocycles. The summed E-state index contributed by atoms with van der Waals surface area (Å²) in [6.45, 7) is 5.12. The molecule has 3 heterocycles. The second-order valence-corrected chi connectivity index (χ2v) is 9.54. The van der Waals surface area contributed by atoms with Crippen molar-refractivity contribution in [3.05, 3.63) is 52.8 Å². The summed E-state index contributed by atoms with van der Waals surface area (Å²) < 4.78 is 1.96. The zero-order valence-corrected chi connectivity index (χ0v) is 18.7. The first-order chi connectivity index (χ1) is 15.2. The van der Waals surface area contributed by atoms with Crippen molar-refractivity contribution in [1.82, 2.24) is 24.9 Å². The molecule has 1 aromatic carbocycles. The van der Waals surface area contributed by atoms with Crippen molar-refractivity contribution < 1.29 is 4.79 Å². The molecule has 0 unspecified atom stereocenters. The van der Waals surface area contributed by atoms with Crippen LogP contribution in [0.1, 0.15) is 59.4 Å². The standard InChI is InChI=1S/C25H35N5O/c1-28-23-10-9-21(17-22(23)24(27-28)25(31)30-13-5-6-14-30)26-20-11-15-29(16-12-20)18-19-7-3-2-4-8-19/h2-4,7-8,20-21,26H,5-6,9-18H2,1H3/t21-/m0/s1. The smallest absolute Gasteiger partial charge is 0.274 e. The summed E-state index contributed by atoms with van der Waals surface area (Å²) in [6.07, 6.45) is 7.71. The van der Waals surface area contributed by atoms with Gasteiger partial charge in [0.1, 0.15) is 0 Å². The van der Waals surface area contributed by atoms with Gasteiger partial charge in [-0.1, -0.05) is 30.3 Å². The molecular weight excluding hydrogens is 386 g/mol. The minimum atomic E-state index is 0.143. The Morgan fingerprint density at radius 2 is 1.77 bits per heavy atom. The fourth-order valence-electron chi connectivity index (χ4n) is 5.61. The number of aromatic nitrogens is 2. The summed E-state index contributed by atoms with van der Waals surface area (Å²) in [5.41, 5.74) is 4.58. The van der Waals surface area contributed by atoms with Gasteiger partial charge >= 0.3 is 0 Å². The van der Waals surface area contributed by atoms with Gasteiger partial charge in [-0.3, -0.25) is 14.4 Å². The topological polar surface area (TPSA) is 53.4 Å². The highest BCUT2D eigenvalue weighted by Gasteiger charge is 2.32. The number of fused-ring (bicyclic) bond motifs is 1. The van der Waals surface area contributed by atoms with E-state index in [0.717, 1.165) is 64.8 Å². The average molecular weight is 422 g/mol. The lowest BCUT2D eigenvalue weighted by Gasteiger charge is -2.35. The lowest BCUT2D eigenvalue weighted by molar-refractivity contribution is 0.0785. The Bertz CT molecular complexity index is 894. The summed E-state index contributed by atoms with van der Waals surface area (Å²) in [5, 5.41) is 8.60. The first kappa shape index (κ1) is 20.7. The van der Waals surface area contributed by atoms with E-state index in [4.69, 9.17) is 0 Å². The highest BCUT2D eigenvalue weighted by atomic mass is 16.2. The van der Waals surface area contributed by atoms with Crippen molar-refractivity contribution >= 4 is 5.91 Å². The first-order valence-corrected chi connectivity index (χ1v) is 12.0. The van der Waals surface area contributed by atoms with Crippen molar-refractivity contribution in [1.29, 1.82) is 0 Å². The molecule has 1 aromatic heterocycles. The third-order valence-electron chi connectivity index (χ3n) is 7.36. The van der Waals surface area contributed by atoms with Crippen LogP contribution in [0.4, 0.5) is 0 Å². The highest BCUT2D eigenvalue weighted by molar-refractivity contribution is 5.94. The van der Waals surface area contributed by atoms with Gasteiger partial charge in [0.05, 0.1) is 0 Å². The van der Waals surface area contributed by atoms with Crippen molar-refractivity contribution in [3.63, 3.8) is 0 Å². The van der Waals surface area contributed by atoms with E-state index in [-0.39, 0.29) is 5.91 Å². The molecule has 31 heavy (non-hydrogen) atoms. The van der Waals surface area contributed by atoms with Gasteiger partial charge in [-0.05, 0) is 63.6 Å². The van der Waals surface area contributed by atoms with Crippen LogP contribution in [0.25, 0.3) is 0 Å². The predicted octanol–water partition coefficient (Wildman–Crippen LogP) is 2.77. The predicted molar refractivity (Wildman–Crippen MR) is 122 cm³/mol. The Labute approximate surface area is 185 Å². The number of hydrogen-bond acceptors (Lipinski definition) is 4. The number of piperidine rings is 1. The molecule has 0 bridgehead atoms. The molecule has 3 aliphatic rings. The van der Waals surface area contributed by atoms with Crippen LogP contribution in [0, 0.1) is 0 Å². The maximum atomic E-state index is 13.0. The molecule has 1 atom stereocenters. The molecule has 0 saturated carbocycles. The lowest BCUT2D eigenvalue weighted by Crippen LogP contribution is -2.47. The molecule has 2 fully saturated rings. The molecule has 1 N–H and O–H groups in total. The number of hydrogen-bond donors (Lipinski definition) is 1.